The Bertz CT molecular complexity index is 747. The van der Waals surface area contributed by atoms with E-state index in [-0.39, 0.29) is 12.5 Å². The number of aryl methyl sites for hydroxylation is 1. The molecule has 6 heteroatoms. The number of carbonyl (C=O) groups is 2. The zero-order valence-electron chi connectivity index (χ0n) is 15.2. The van der Waals surface area contributed by atoms with Gasteiger partial charge in [-0.2, -0.15) is 0 Å². The minimum absolute atomic E-state index is 0.0944. The number of hydrogen-bond donors (Lipinski definition) is 3. The third kappa shape index (κ3) is 6.12. The van der Waals surface area contributed by atoms with E-state index in [1.807, 2.05) is 62.4 Å². The third-order valence-electron chi connectivity index (χ3n) is 3.74. The molecule has 0 aliphatic carbocycles. The average Bonchev–Trinajstić information content (AvgIpc) is 2.66. The fourth-order valence-corrected chi connectivity index (χ4v) is 2.46. The van der Waals surface area contributed by atoms with E-state index in [0.717, 1.165) is 29.0 Å². The van der Waals surface area contributed by atoms with Crippen molar-refractivity contribution in [1.82, 2.24) is 10.6 Å². The summed E-state index contributed by atoms with van der Waals surface area (Å²) in [4.78, 5) is 23.9. The summed E-state index contributed by atoms with van der Waals surface area (Å²) in [5.41, 5.74) is 2.75. The number of rotatable bonds is 8. The summed E-state index contributed by atoms with van der Waals surface area (Å²) in [5, 5.41) is 8.10. The molecule has 6 nitrogen and oxygen atoms in total. The number of amides is 3. The maximum atomic E-state index is 12.0. The van der Waals surface area contributed by atoms with Crippen molar-refractivity contribution < 1.29 is 14.3 Å². The lowest BCUT2D eigenvalue weighted by atomic mass is 10.1. The molecule has 0 unspecified atom stereocenters. The Morgan fingerprint density at radius 1 is 1.00 bits per heavy atom. The number of nitrogens with one attached hydrogen (secondary N) is 3. The van der Waals surface area contributed by atoms with Gasteiger partial charge >= 0.3 is 6.03 Å². The minimum atomic E-state index is -0.397. The first-order chi connectivity index (χ1) is 12.6. The van der Waals surface area contributed by atoms with Crippen molar-refractivity contribution in [3.63, 3.8) is 0 Å². The lowest BCUT2D eigenvalue weighted by molar-refractivity contribution is -0.115. The highest BCUT2D eigenvalue weighted by Gasteiger charge is 2.08. The Morgan fingerprint density at radius 3 is 2.58 bits per heavy atom. The van der Waals surface area contributed by atoms with Gasteiger partial charge in [0.15, 0.2) is 0 Å². The Balaban J connectivity index is 1.76. The summed E-state index contributed by atoms with van der Waals surface area (Å²) >= 11 is 0. The first-order valence-electron chi connectivity index (χ1n) is 8.73. The van der Waals surface area contributed by atoms with Gasteiger partial charge in [0.25, 0.3) is 0 Å². The molecular weight excluding hydrogens is 330 g/mol. The second-order valence-corrected chi connectivity index (χ2v) is 5.68. The molecule has 2 rings (SSSR count). The highest BCUT2D eigenvalue weighted by atomic mass is 16.5. The molecule has 0 saturated heterocycles. The van der Waals surface area contributed by atoms with Crippen LogP contribution in [-0.2, 0) is 17.8 Å². The molecule has 0 saturated carbocycles. The molecule has 0 heterocycles. The smallest absolute Gasteiger partial charge is 0.315 e. The Morgan fingerprint density at radius 2 is 1.81 bits per heavy atom. The molecule has 138 valence electrons. The van der Waals surface area contributed by atoms with Gasteiger partial charge in [-0.1, -0.05) is 37.3 Å². The van der Waals surface area contributed by atoms with Gasteiger partial charge < -0.3 is 20.7 Å². The Hall–Kier alpha value is -3.02. The highest BCUT2D eigenvalue weighted by molar-refractivity contribution is 5.94. The minimum Gasteiger partial charge on any atom is -0.494 e. The van der Waals surface area contributed by atoms with Crippen molar-refractivity contribution >= 4 is 17.6 Å². The van der Waals surface area contributed by atoms with Crippen LogP contribution in [0.4, 0.5) is 10.5 Å². The molecule has 3 N–H and O–H groups in total. The van der Waals surface area contributed by atoms with Gasteiger partial charge in [-0.05, 0) is 42.7 Å². The van der Waals surface area contributed by atoms with Crippen LogP contribution in [0.2, 0.25) is 0 Å². The zero-order valence-corrected chi connectivity index (χ0v) is 15.2. The topological polar surface area (TPSA) is 79.5 Å². The van der Waals surface area contributed by atoms with E-state index in [1.54, 1.807) is 0 Å². The molecular formula is C20H25N3O3. The number of anilines is 1. The number of benzene rings is 2. The van der Waals surface area contributed by atoms with Crippen molar-refractivity contribution in [3.8, 4) is 5.75 Å². The van der Waals surface area contributed by atoms with Crippen LogP contribution < -0.4 is 20.7 Å². The van der Waals surface area contributed by atoms with Crippen molar-refractivity contribution in [3.05, 3.63) is 59.7 Å². The summed E-state index contributed by atoms with van der Waals surface area (Å²) in [6.45, 7) is 4.79. The largest absolute Gasteiger partial charge is 0.494 e. The fraction of sp³-hybridized carbons (Fsp3) is 0.300. The van der Waals surface area contributed by atoms with Crippen LogP contribution in [0.15, 0.2) is 48.5 Å². The molecule has 0 spiro atoms. The van der Waals surface area contributed by atoms with Crippen LogP contribution in [-0.4, -0.2) is 25.1 Å². The SMILES string of the molecule is CCOc1cccc(CNC(=O)NCC(=O)Nc2ccccc2CC)c1. The van der Waals surface area contributed by atoms with Gasteiger partial charge in [0.05, 0.1) is 13.2 Å². The van der Waals surface area contributed by atoms with Crippen molar-refractivity contribution in [2.45, 2.75) is 26.8 Å². The second kappa shape index (κ2) is 10.1. The summed E-state index contributed by atoms with van der Waals surface area (Å²) in [6, 6.07) is 14.7. The van der Waals surface area contributed by atoms with Crippen molar-refractivity contribution in [1.29, 1.82) is 0 Å². The van der Waals surface area contributed by atoms with Crippen LogP contribution in [0.25, 0.3) is 0 Å². The summed E-state index contributed by atoms with van der Waals surface area (Å²) in [7, 11) is 0. The molecule has 0 aliphatic rings. The molecule has 0 aromatic heterocycles. The van der Waals surface area contributed by atoms with Crippen molar-refractivity contribution in [2.75, 3.05) is 18.5 Å². The maximum Gasteiger partial charge on any atom is 0.315 e. The van der Waals surface area contributed by atoms with Crippen molar-refractivity contribution in [2.24, 2.45) is 0 Å². The molecule has 2 aromatic rings. The van der Waals surface area contributed by atoms with E-state index in [9.17, 15) is 9.59 Å². The van der Waals surface area contributed by atoms with E-state index in [2.05, 4.69) is 16.0 Å². The van der Waals surface area contributed by atoms with Crippen LogP contribution >= 0.6 is 0 Å². The van der Waals surface area contributed by atoms with Gasteiger partial charge in [-0.15, -0.1) is 0 Å². The van der Waals surface area contributed by atoms with E-state index < -0.39 is 6.03 Å². The second-order valence-electron chi connectivity index (χ2n) is 5.68. The first kappa shape index (κ1) is 19.3. The first-order valence-corrected chi connectivity index (χ1v) is 8.73. The zero-order chi connectivity index (χ0) is 18.8. The quantitative estimate of drug-likeness (QED) is 0.681. The third-order valence-corrected chi connectivity index (χ3v) is 3.74. The monoisotopic (exact) mass is 355 g/mol. The number of hydrogen-bond acceptors (Lipinski definition) is 3. The molecule has 26 heavy (non-hydrogen) atoms. The fourth-order valence-electron chi connectivity index (χ4n) is 2.46. The summed E-state index contributed by atoms with van der Waals surface area (Å²) in [6.07, 6.45) is 0.825. The number of carbonyl (C=O) groups excluding carboxylic acids is 2. The van der Waals surface area contributed by atoms with Gasteiger partial charge in [0.1, 0.15) is 5.75 Å². The lowest BCUT2D eigenvalue weighted by Crippen LogP contribution is -2.39. The molecule has 0 radical (unpaired) electrons. The normalized spacial score (nSPS) is 10.1. The van der Waals surface area contributed by atoms with Crippen LogP contribution in [0.3, 0.4) is 0 Å². The Kier molecular flexibility index (Phi) is 7.49. The molecule has 0 aliphatic heterocycles. The van der Waals surface area contributed by atoms with Crippen LogP contribution in [0.5, 0.6) is 5.75 Å². The van der Waals surface area contributed by atoms with E-state index in [0.29, 0.717) is 13.2 Å². The number of urea groups is 1. The molecule has 3 amide bonds. The molecule has 2 aromatic carbocycles. The molecule has 0 atom stereocenters. The van der Waals surface area contributed by atoms with E-state index in [4.69, 9.17) is 4.74 Å². The maximum absolute atomic E-state index is 12.0. The molecule has 0 fully saturated rings. The Labute approximate surface area is 153 Å². The van der Waals surface area contributed by atoms with Gasteiger partial charge in [-0.3, -0.25) is 4.79 Å². The summed E-state index contributed by atoms with van der Waals surface area (Å²) < 4.78 is 5.43. The predicted molar refractivity (Wildman–Crippen MR) is 102 cm³/mol. The number of para-hydroxylation sites is 1. The van der Waals surface area contributed by atoms with Gasteiger partial charge in [0, 0.05) is 12.2 Å². The summed E-state index contributed by atoms with van der Waals surface area (Å²) in [5.74, 6) is 0.501. The predicted octanol–water partition coefficient (Wildman–Crippen LogP) is 3.09. The number of ether oxygens (including phenoxy) is 1. The lowest BCUT2D eigenvalue weighted by Gasteiger charge is -2.11. The molecule has 0 bridgehead atoms. The van der Waals surface area contributed by atoms with E-state index >= 15 is 0 Å². The van der Waals surface area contributed by atoms with E-state index in [1.165, 1.54) is 0 Å². The van der Waals surface area contributed by atoms with Crippen LogP contribution in [0.1, 0.15) is 25.0 Å². The average molecular weight is 355 g/mol. The van der Waals surface area contributed by atoms with Crippen LogP contribution in [0, 0.1) is 0 Å². The van der Waals surface area contributed by atoms with Gasteiger partial charge in [-0.25, -0.2) is 4.79 Å². The standard InChI is InChI=1S/C20H25N3O3/c1-3-16-9-5-6-11-18(16)23-19(24)14-22-20(25)21-13-15-8-7-10-17(12-15)26-4-2/h5-12H,3-4,13-14H2,1-2H3,(H,23,24)(H2,21,22,25). The van der Waals surface area contributed by atoms with Gasteiger partial charge in [0.2, 0.25) is 5.91 Å². The highest BCUT2D eigenvalue weighted by Crippen LogP contribution is 2.15.